The Morgan fingerprint density at radius 2 is 1.91 bits per heavy atom. The van der Waals surface area contributed by atoms with Crippen molar-refractivity contribution >= 4 is 11.8 Å². The van der Waals surface area contributed by atoms with Gasteiger partial charge in [-0.1, -0.05) is 38.7 Å². The number of carbonyl (C=O) groups is 2. The molecule has 6 heteroatoms. The van der Waals surface area contributed by atoms with Crippen LogP contribution in [0.4, 0.5) is 0 Å². The Hall–Kier alpha value is -1.92. The third kappa shape index (κ3) is 4.05. The minimum atomic E-state index is -2.03. The van der Waals surface area contributed by atoms with Crippen LogP contribution >= 0.6 is 0 Å². The fraction of sp³-hybridized carbons (Fsp3) is 0.500. The first-order valence-electron chi connectivity index (χ1n) is 7.45. The van der Waals surface area contributed by atoms with Gasteiger partial charge in [0.05, 0.1) is 5.56 Å². The van der Waals surface area contributed by atoms with E-state index >= 15 is 0 Å². The highest BCUT2D eigenvalue weighted by molar-refractivity contribution is 6.16. The van der Waals surface area contributed by atoms with Gasteiger partial charge >= 0.3 is 5.97 Å². The molecule has 1 aromatic rings. The molecule has 1 rings (SSSR count). The molecule has 122 valence electrons. The molecule has 0 saturated heterocycles. The number of hydrogen-bond donors (Lipinski definition) is 4. The number of benzene rings is 1. The van der Waals surface area contributed by atoms with Crippen LogP contribution in [-0.2, 0) is 11.3 Å². The number of aliphatic carboxylic acids is 1. The molecule has 1 unspecified atom stereocenters. The van der Waals surface area contributed by atoms with Gasteiger partial charge in [-0.05, 0) is 24.1 Å². The molecule has 6 N–H and O–H groups in total. The maximum atomic E-state index is 12.6. The third-order valence-electron chi connectivity index (χ3n) is 3.75. The predicted octanol–water partition coefficient (Wildman–Crippen LogP) is 1.79. The minimum absolute atomic E-state index is 0.0352. The van der Waals surface area contributed by atoms with Crippen molar-refractivity contribution in [3.63, 3.8) is 0 Å². The Balaban J connectivity index is 3.05. The summed E-state index contributed by atoms with van der Waals surface area (Å²) in [6.45, 7) is 2.22. The van der Waals surface area contributed by atoms with Crippen molar-refractivity contribution in [3.8, 4) is 5.75 Å². The van der Waals surface area contributed by atoms with E-state index in [0.717, 1.165) is 19.3 Å². The van der Waals surface area contributed by atoms with Crippen LogP contribution in [0.3, 0.4) is 0 Å². The second-order valence-corrected chi connectivity index (χ2v) is 5.47. The number of Topliss-reactive ketones (excluding diaryl/α,β-unsaturated/α-hetero) is 1. The van der Waals surface area contributed by atoms with E-state index in [1.54, 1.807) is 6.07 Å². The molecule has 0 aromatic heterocycles. The summed E-state index contributed by atoms with van der Waals surface area (Å²) in [5.74, 6) is -2.46. The van der Waals surface area contributed by atoms with Gasteiger partial charge in [-0.15, -0.1) is 0 Å². The molecule has 0 aliphatic heterocycles. The first-order valence-corrected chi connectivity index (χ1v) is 7.45. The molecule has 1 atom stereocenters. The molecule has 0 fully saturated rings. The number of phenols is 1. The highest BCUT2D eigenvalue weighted by Gasteiger charge is 2.42. The van der Waals surface area contributed by atoms with Crippen LogP contribution in [0, 0.1) is 0 Å². The first kappa shape index (κ1) is 18.1. The van der Waals surface area contributed by atoms with Crippen molar-refractivity contribution in [2.75, 3.05) is 0 Å². The number of hydrogen-bond acceptors (Lipinski definition) is 5. The van der Waals surface area contributed by atoms with Gasteiger partial charge in [0, 0.05) is 6.54 Å². The van der Waals surface area contributed by atoms with Crippen molar-refractivity contribution < 1.29 is 19.8 Å². The lowest BCUT2D eigenvalue weighted by Crippen LogP contribution is -2.55. The number of carbonyl (C=O) groups excluding carboxylic acids is 1. The zero-order valence-corrected chi connectivity index (χ0v) is 12.8. The SMILES string of the molecule is CCCCCCC(N)(C(=O)O)C(=O)c1cc(CN)ccc1O. The Morgan fingerprint density at radius 3 is 2.45 bits per heavy atom. The quantitative estimate of drug-likeness (QED) is 0.313. The van der Waals surface area contributed by atoms with Crippen molar-refractivity contribution in [1.29, 1.82) is 0 Å². The number of aromatic hydroxyl groups is 1. The van der Waals surface area contributed by atoms with Crippen LogP contribution in [0.5, 0.6) is 5.75 Å². The maximum Gasteiger partial charge on any atom is 0.331 e. The van der Waals surface area contributed by atoms with Gasteiger partial charge < -0.3 is 21.7 Å². The van der Waals surface area contributed by atoms with E-state index in [1.807, 2.05) is 6.92 Å². The maximum absolute atomic E-state index is 12.6. The fourth-order valence-electron chi connectivity index (χ4n) is 2.28. The highest BCUT2D eigenvalue weighted by Crippen LogP contribution is 2.26. The van der Waals surface area contributed by atoms with Crippen LogP contribution in [0.25, 0.3) is 0 Å². The average Bonchev–Trinajstić information content (AvgIpc) is 2.51. The molecular weight excluding hydrogens is 284 g/mol. The van der Waals surface area contributed by atoms with E-state index in [9.17, 15) is 19.8 Å². The van der Waals surface area contributed by atoms with E-state index in [0.29, 0.717) is 12.0 Å². The lowest BCUT2D eigenvalue weighted by Gasteiger charge is -2.24. The Labute approximate surface area is 130 Å². The number of nitrogens with two attached hydrogens (primary N) is 2. The zero-order chi connectivity index (χ0) is 16.8. The van der Waals surface area contributed by atoms with Crippen LogP contribution in [-0.4, -0.2) is 27.5 Å². The number of phenolic OH excluding ortho intramolecular Hbond substituents is 1. The third-order valence-corrected chi connectivity index (χ3v) is 3.75. The van der Waals surface area contributed by atoms with Gasteiger partial charge in [0.2, 0.25) is 0 Å². The van der Waals surface area contributed by atoms with E-state index in [1.165, 1.54) is 12.1 Å². The topological polar surface area (TPSA) is 127 Å². The second-order valence-electron chi connectivity index (χ2n) is 5.47. The normalized spacial score (nSPS) is 13.6. The van der Waals surface area contributed by atoms with E-state index in [4.69, 9.17) is 11.5 Å². The molecule has 0 aliphatic carbocycles. The number of unbranched alkanes of at least 4 members (excludes halogenated alkanes) is 3. The van der Waals surface area contributed by atoms with Gasteiger partial charge in [0.25, 0.3) is 0 Å². The number of rotatable bonds is 9. The summed E-state index contributed by atoms with van der Waals surface area (Å²) in [5, 5.41) is 19.2. The predicted molar refractivity (Wildman–Crippen MR) is 83.6 cm³/mol. The van der Waals surface area contributed by atoms with E-state index in [-0.39, 0.29) is 24.3 Å². The zero-order valence-electron chi connectivity index (χ0n) is 12.8. The van der Waals surface area contributed by atoms with Gasteiger partial charge in [-0.2, -0.15) is 0 Å². The smallest absolute Gasteiger partial charge is 0.331 e. The number of ketones is 1. The van der Waals surface area contributed by atoms with Crippen LogP contribution in [0.15, 0.2) is 18.2 Å². The van der Waals surface area contributed by atoms with Crippen LogP contribution in [0.2, 0.25) is 0 Å². The summed E-state index contributed by atoms with van der Waals surface area (Å²) in [4.78, 5) is 24.1. The average molecular weight is 308 g/mol. The van der Waals surface area contributed by atoms with E-state index in [2.05, 4.69) is 0 Å². The van der Waals surface area contributed by atoms with Crippen LogP contribution < -0.4 is 11.5 Å². The largest absolute Gasteiger partial charge is 0.507 e. The summed E-state index contributed by atoms with van der Waals surface area (Å²) in [7, 11) is 0. The molecule has 0 amide bonds. The Bertz CT molecular complexity index is 545. The van der Waals surface area contributed by atoms with Crippen molar-refractivity contribution in [3.05, 3.63) is 29.3 Å². The van der Waals surface area contributed by atoms with E-state index < -0.39 is 17.3 Å². The molecule has 1 aromatic carbocycles. The van der Waals surface area contributed by atoms with Gasteiger partial charge in [0.1, 0.15) is 5.75 Å². The van der Waals surface area contributed by atoms with Crippen molar-refractivity contribution in [2.24, 2.45) is 11.5 Å². The number of carboxylic acid groups (broad SMARTS) is 1. The lowest BCUT2D eigenvalue weighted by atomic mass is 9.84. The number of carboxylic acids is 1. The van der Waals surface area contributed by atoms with Gasteiger partial charge in [-0.25, -0.2) is 4.79 Å². The molecular formula is C16H24N2O4. The molecule has 0 saturated carbocycles. The molecule has 0 heterocycles. The van der Waals surface area contributed by atoms with Gasteiger partial charge in [-0.3, -0.25) is 4.79 Å². The first-order chi connectivity index (χ1) is 10.4. The van der Waals surface area contributed by atoms with Crippen molar-refractivity contribution in [1.82, 2.24) is 0 Å². The molecule has 0 bridgehead atoms. The molecule has 0 aliphatic rings. The molecule has 0 spiro atoms. The Morgan fingerprint density at radius 1 is 1.23 bits per heavy atom. The molecule has 0 radical (unpaired) electrons. The standard InChI is InChI=1S/C16H24N2O4/c1-2-3-4-5-8-16(18,15(21)22)14(20)12-9-11(10-17)6-7-13(12)19/h6-7,9,19H,2-5,8,10,17-18H2,1H3,(H,21,22). The summed E-state index contributed by atoms with van der Waals surface area (Å²) in [6.07, 6.45) is 3.34. The van der Waals surface area contributed by atoms with Gasteiger partial charge in [0.15, 0.2) is 11.3 Å². The van der Waals surface area contributed by atoms with Crippen LogP contribution in [0.1, 0.15) is 54.9 Å². The highest BCUT2D eigenvalue weighted by atomic mass is 16.4. The summed E-state index contributed by atoms with van der Waals surface area (Å²) < 4.78 is 0. The summed E-state index contributed by atoms with van der Waals surface area (Å²) >= 11 is 0. The fourth-order valence-corrected chi connectivity index (χ4v) is 2.28. The summed E-state index contributed by atoms with van der Waals surface area (Å²) in [6, 6.07) is 4.30. The minimum Gasteiger partial charge on any atom is -0.507 e. The molecule has 22 heavy (non-hydrogen) atoms. The summed E-state index contributed by atoms with van der Waals surface area (Å²) in [5.41, 5.74) is 9.88. The van der Waals surface area contributed by atoms with Crippen molar-refractivity contribution in [2.45, 2.75) is 51.1 Å². The lowest BCUT2D eigenvalue weighted by molar-refractivity contribution is -0.141. The molecule has 6 nitrogen and oxygen atoms in total. The monoisotopic (exact) mass is 308 g/mol. The Kier molecular flexibility index (Phi) is 6.52. The second kappa shape index (κ2) is 7.91.